The third kappa shape index (κ3) is 2.69. The average molecular weight is 489 g/mol. The Morgan fingerprint density at radius 2 is 1.57 bits per heavy atom. The predicted octanol–water partition coefficient (Wildman–Crippen LogP) is 5.18. The van der Waals surface area contributed by atoms with Gasteiger partial charge in [-0.05, 0) is 85.9 Å². The van der Waals surface area contributed by atoms with E-state index < -0.39 is 40.0 Å². The summed E-state index contributed by atoms with van der Waals surface area (Å²) in [6.07, 6.45) is 6.57. The van der Waals surface area contributed by atoms with Gasteiger partial charge in [0.25, 0.3) is 0 Å². The normalized spacial score (nSPS) is 57.1. The Bertz CT molecular complexity index is 956. The van der Waals surface area contributed by atoms with Gasteiger partial charge < -0.3 is 20.4 Å². The molecule has 5 aliphatic carbocycles. The van der Waals surface area contributed by atoms with Gasteiger partial charge in [-0.15, -0.1) is 0 Å². The van der Waals surface area contributed by atoms with Gasteiger partial charge in [0.05, 0.1) is 17.6 Å². The van der Waals surface area contributed by atoms with Crippen LogP contribution in [0.1, 0.15) is 99.8 Å². The van der Waals surface area contributed by atoms with Crippen molar-refractivity contribution in [3.8, 4) is 0 Å². The van der Waals surface area contributed by atoms with Crippen LogP contribution in [0.4, 0.5) is 0 Å². The number of carbonyl (C=O) groups is 1. The van der Waals surface area contributed by atoms with Crippen molar-refractivity contribution in [2.45, 2.75) is 118 Å². The van der Waals surface area contributed by atoms with Crippen molar-refractivity contribution in [1.82, 2.24) is 0 Å². The van der Waals surface area contributed by atoms with Gasteiger partial charge in [0.15, 0.2) is 0 Å². The van der Waals surface area contributed by atoms with Crippen LogP contribution in [-0.4, -0.2) is 44.2 Å². The first-order chi connectivity index (χ1) is 16.0. The highest BCUT2D eigenvalue weighted by Crippen LogP contribution is 2.76. The summed E-state index contributed by atoms with van der Waals surface area (Å²) in [4.78, 5) is 12.8. The van der Waals surface area contributed by atoms with E-state index in [-0.39, 0.29) is 22.7 Å². The molecule has 0 saturated heterocycles. The quantitative estimate of drug-likeness (QED) is 0.382. The lowest BCUT2D eigenvalue weighted by Gasteiger charge is -2.74. The van der Waals surface area contributed by atoms with Crippen LogP contribution in [-0.2, 0) is 4.79 Å². The highest BCUT2D eigenvalue weighted by Gasteiger charge is 2.76. The van der Waals surface area contributed by atoms with Crippen LogP contribution < -0.4 is 0 Å². The molecule has 5 rings (SSSR count). The molecule has 0 aromatic carbocycles. The minimum Gasteiger partial charge on any atom is -0.481 e. The summed E-state index contributed by atoms with van der Waals surface area (Å²) in [5.74, 6) is 0.329. The minimum atomic E-state index is -1.38. The molecule has 4 saturated carbocycles. The standard InChI is InChI=1S/C30H48O5/c1-17-10-13-29(24(33)34)15-14-26(5)19(23(29)18(17)2)8-9-20-27(6)12-11-21(31)25(3,4)30(27,35)22(32)16-28(20,26)7/h8,17-18,20-23,31-32,35H,9-16H2,1-7H3,(H,33,34)/t17-,18+,20-,21+,22-,23+,26-,27-,28-,29+,30-/m1/s1. The second-order valence-electron chi connectivity index (χ2n) is 14.7. The first-order valence-corrected chi connectivity index (χ1v) is 14.1. The second-order valence-corrected chi connectivity index (χ2v) is 14.7. The van der Waals surface area contributed by atoms with Crippen molar-refractivity contribution in [2.75, 3.05) is 0 Å². The summed E-state index contributed by atoms with van der Waals surface area (Å²) in [5.41, 5.74) is -2.59. The Labute approximate surface area is 211 Å². The Hall–Kier alpha value is -0.910. The van der Waals surface area contributed by atoms with E-state index in [9.17, 15) is 25.2 Å². The van der Waals surface area contributed by atoms with E-state index in [1.54, 1.807) is 0 Å². The van der Waals surface area contributed by atoms with E-state index in [4.69, 9.17) is 0 Å². The molecule has 4 N–H and O–H groups in total. The van der Waals surface area contributed by atoms with Crippen molar-refractivity contribution in [3.63, 3.8) is 0 Å². The molecule has 0 heterocycles. The van der Waals surface area contributed by atoms with E-state index in [1.807, 2.05) is 13.8 Å². The summed E-state index contributed by atoms with van der Waals surface area (Å²) in [6.45, 7) is 15.2. The highest BCUT2D eigenvalue weighted by molar-refractivity contribution is 5.76. The third-order valence-corrected chi connectivity index (χ3v) is 13.6. The largest absolute Gasteiger partial charge is 0.481 e. The Morgan fingerprint density at radius 1 is 0.914 bits per heavy atom. The van der Waals surface area contributed by atoms with Gasteiger partial charge >= 0.3 is 5.97 Å². The lowest BCUT2D eigenvalue weighted by molar-refractivity contribution is -0.329. The van der Waals surface area contributed by atoms with Gasteiger partial charge in [-0.25, -0.2) is 0 Å². The van der Waals surface area contributed by atoms with Crippen LogP contribution >= 0.6 is 0 Å². The maximum Gasteiger partial charge on any atom is 0.310 e. The molecule has 198 valence electrons. The van der Waals surface area contributed by atoms with E-state index >= 15 is 0 Å². The molecule has 35 heavy (non-hydrogen) atoms. The van der Waals surface area contributed by atoms with Crippen LogP contribution in [0.25, 0.3) is 0 Å². The molecular formula is C30H48O5. The number of hydrogen-bond donors (Lipinski definition) is 4. The lowest BCUT2D eigenvalue weighted by atomic mass is 9.32. The number of carboxylic acid groups (broad SMARTS) is 1. The number of carboxylic acids is 1. The van der Waals surface area contributed by atoms with E-state index in [1.165, 1.54) is 5.57 Å². The predicted molar refractivity (Wildman–Crippen MR) is 135 cm³/mol. The Morgan fingerprint density at radius 3 is 2.20 bits per heavy atom. The number of hydrogen-bond acceptors (Lipinski definition) is 4. The molecule has 5 heteroatoms. The van der Waals surface area contributed by atoms with Gasteiger partial charge in [0.1, 0.15) is 5.60 Å². The average Bonchev–Trinajstić information content (AvgIpc) is 2.78. The van der Waals surface area contributed by atoms with Crippen molar-refractivity contribution >= 4 is 5.97 Å². The topological polar surface area (TPSA) is 98.0 Å². The van der Waals surface area contributed by atoms with Crippen LogP contribution in [0.5, 0.6) is 0 Å². The molecule has 0 aromatic rings. The van der Waals surface area contributed by atoms with E-state index in [0.29, 0.717) is 37.5 Å². The number of fused-ring (bicyclic) bond motifs is 7. The highest BCUT2D eigenvalue weighted by atomic mass is 16.4. The number of rotatable bonds is 1. The summed E-state index contributed by atoms with van der Waals surface area (Å²) in [6, 6.07) is 0. The first-order valence-electron chi connectivity index (χ1n) is 14.1. The smallest absolute Gasteiger partial charge is 0.310 e. The molecule has 0 aliphatic heterocycles. The Kier molecular flexibility index (Phi) is 5.40. The zero-order chi connectivity index (χ0) is 26.0. The molecule has 11 atom stereocenters. The van der Waals surface area contributed by atoms with Crippen molar-refractivity contribution < 1.29 is 25.2 Å². The van der Waals surface area contributed by atoms with Crippen LogP contribution in [0.3, 0.4) is 0 Å². The summed E-state index contributed by atoms with van der Waals surface area (Å²) < 4.78 is 0. The van der Waals surface area contributed by atoms with Gasteiger partial charge in [-0.2, -0.15) is 0 Å². The van der Waals surface area contributed by atoms with E-state index in [0.717, 1.165) is 25.7 Å². The van der Waals surface area contributed by atoms with Gasteiger partial charge in [-0.1, -0.05) is 60.1 Å². The fourth-order valence-corrected chi connectivity index (χ4v) is 10.9. The second kappa shape index (κ2) is 7.35. The molecule has 0 bridgehead atoms. The fraction of sp³-hybridized carbons (Fsp3) is 0.900. The van der Waals surface area contributed by atoms with E-state index in [2.05, 4.69) is 40.7 Å². The van der Waals surface area contributed by atoms with Crippen LogP contribution in [0.2, 0.25) is 0 Å². The van der Waals surface area contributed by atoms with Crippen molar-refractivity contribution in [2.24, 2.45) is 50.7 Å². The molecule has 0 radical (unpaired) electrons. The minimum absolute atomic E-state index is 0.0238. The number of aliphatic hydroxyl groups is 3. The van der Waals surface area contributed by atoms with Gasteiger partial charge in [0, 0.05) is 10.8 Å². The summed E-state index contributed by atoms with van der Waals surface area (Å²) >= 11 is 0. The monoisotopic (exact) mass is 488 g/mol. The molecule has 5 aliphatic rings. The van der Waals surface area contributed by atoms with Crippen molar-refractivity contribution in [1.29, 1.82) is 0 Å². The van der Waals surface area contributed by atoms with Crippen molar-refractivity contribution in [3.05, 3.63) is 11.6 Å². The molecule has 0 spiro atoms. The molecule has 0 amide bonds. The zero-order valence-corrected chi connectivity index (χ0v) is 22.9. The summed E-state index contributed by atoms with van der Waals surface area (Å²) in [5, 5.41) is 45.5. The van der Waals surface area contributed by atoms with Gasteiger partial charge in [-0.3, -0.25) is 4.79 Å². The van der Waals surface area contributed by atoms with Crippen LogP contribution in [0, 0.1) is 50.7 Å². The number of aliphatic hydroxyl groups excluding tert-OH is 2. The fourth-order valence-electron chi connectivity index (χ4n) is 10.9. The molecule has 0 unspecified atom stereocenters. The lowest BCUT2D eigenvalue weighted by Crippen LogP contribution is -2.77. The molecular weight excluding hydrogens is 440 g/mol. The first kappa shape index (κ1) is 25.7. The number of aliphatic carboxylic acids is 1. The van der Waals surface area contributed by atoms with Gasteiger partial charge in [0.2, 0.25) is 0 Å². The summed E-state index contributed by atoms with van der Waals surface area (Å²) in [7, 11) is 0. The van der Waals surface area contributed by atoms with Crippen LogP contribution in [0.15, 0.2) is 11.6 Å². The maximum absolute atomic E-state index is 12.8. The molecule has 4 fully saturated rings. The number of allylic oxidation sites excluding steroid dienone is 2. The molecule has 0 aromatic heterocycles. The zero-order valence-electron chi connectivity index (χ0n) is 22.9. The SMILES string of the molecule is C[C@H]1[C@H](C)CC[C@]2(C(=O)O)CC[C@]3(C)C(=CC[C@@H]4[C@@]5(C)CC[C@H](O)C(C)(C)[C@]5(O)[C@H](O)C[C@]43C)[C@H]12. The third-order valence-electron chi connectivity index (χ3n) is 13.6. The molecule has 5 nitrogen and oxygen atoms in total. The Balaban J connectivity index is 1.67. The maximum atomic E-state index is 12.8.